The van der Waals surface area contributed by atoms with E-state index in [-0.39, 0.29) is 11.7 Å². The van der Waals surface area contributed by atoms with Crippen molar-refractivity contribution in [3.05, 3.63) is 106 Å². The number of benzene rings is 2. The van der Waals surface area contributed by atoms with Crippen molar-refractivity contribution in [3.63, 3.8) is 0 Å². The maximum absolute atomic E-state index is 14.0. The lowest BCUT2D eigenvalue weighted by Gasteiger charge is -2.28. The molecule has 1 aliphatic heterocycles. The van der Waals surface area contributed by atoms with Crippen LogP contribution in [0.4, 0.5) is 18.9 Å². The van der Waals surface area contributed by atoms with Gasteiger partial charge in [-0.05, 0) is 80.2 Å². The van der Waals surface area contributed by atoms with Crippen molar-refractivity contribution in [1.82, 2.24) is 14.9 Å². The first-order valence-electron chi connectivity index (χ1n) is 12.9. The minimum absolute atomic E-state index is 0.0660. The van der Waals surface area contributed by atoms with Gasteiger partial charge in [0.15, 0.2) is 5.11 Å². The van der Waals surface area contributed by atoms with E-state index >= 15 is 0 Å². The molecule has 1 aliphatic rings. The van der Waals surface area contributed by atoms with Crippen LogP contribution in [0.5, 0.6) is 5.75 Å². The number of nitrogens with zero attached hydrogens (tertiary/aromatic N) is 3. The number of thiocarbonyl (C=S) groups is 1. The number of hydrogen-bond donors (Lipinski definition) is 1. The van der Waals surface area contributed by atoms with Crippen LogP contribution in [0.2, 0.25) is 5.02 Å². The van der Waals surface area contributed by atoms with Gasteiger partial charge in [0, 0.05) is 30.4 Å². The van der Waals surface area contributed by atoms with E-state index in [9.17, 15) is 13.2 Å². The second kappa shape index (κ2) is 11.7. The van der Waals surface area contributed by atoms with Gasteiger partial charge in [-0.3, -0.25) is 4.98 Å². The van der Waals surface area contributed by atoms with Crippen LogP contribution < -0.4 is 15.0 Å². The van der Waals surface area contributed by atoms with E-state index in [1.165, 1.54) is 12.1 Å². The van der Waals surface area contributed by atoms with E-state index in [0.29, 0.717) is 46.2 Å². The predicted molar refractivity (Wildman–Crippen MR) is 157 cm³/mol. The number of aryl methyl sites for hydroxylation is 1. The third-order valence-electron chi connectivity index (χ3n) is 7.08. The summed E-state index contributed by atoms with van der Waals surface area (Å²) in [4.78, 5) is 6.51. The number of hydrogen-bond acceptors (Lipinski definition) is 4. The Morgan fingerprint density at radius 2 is 1.78 bits per heavy atom. The summed E-state index contributed by atoms with van der Waals surface area (Å²) in [5.74, 6) is 0.505. The molecule has 41 heavy (non-hydrogen) atoms. The van der Waals surface area contributed by atoms with Crippen LogP contribution in [0.3, 0.4) is 0 Å². The minimum Gasteiger partial charge on any atom is -0.490 e. The maximum Gasteiger partial charge on any atom is 0.418 e. The highest BCUT2D eigenvalue weighted by Gasteiger charge is 2.43. The number of nitrogens with one attached hydrogen (secondary N) is 1. The number of anilines is 1. The molecule has 0 amide bonds. The van der Waals surface area contributed by atoms with E-state index in [1.54, 1.807) is 43.0 Å². The van der Waals surface area contributed by atoms with Gasteiger partial charge in [-0.15, -0.1) is 0 Å². The van der Waals surface area contributed by atoms with Crippen molar-refractivity contribution in [1.29, 1.82) is 0 Å². The molecule has 0 aliphatic carbocycles. The zero-order chi connectivity index (χ0) is 29.3. The lowest BCUT2D eigenvalue weighted by molar-refractivity contribution is -0.137. The van der Waals surface area contributed by atoms with Gasteiger partial charge in [0.05, 0.1) is 40.7 Å². The Kier molecular flexibility index (Phi) is 8.26. The Morgan fingerprint density at radius 3 is 2.46 bits per heavy atom. The highest BCUT2D eigenvalue weighted by Crippen LogP contribution is 2.45. The number of alkyl halides is 3. The van der Waals surface area contributed by atoms with Crippen molar-refractivity contribution >= 4 is 34.6 Å². The lowest BCUT2D eigenvalue weighted by Crippen LogP contribution is -2.29. The van der Waals surface area contributed by atoms with E-state index in [4.69, 9.17) is 33.3 Å². The average Bonchev–Trinajstić information content (AvgIpc) is 3.44. The molecule has 0 unspecified atom stereocenters. The first-order chi connectivity index (χ1) is 19.6. The maximum atomic E-state index is 14.0. The fourth-order valence-corrected chi connectivity index (χ4v) is 5.88. The number of pyridine rings is 1. The molecule has 1 N–H and O–H groups in total. The van der Waals surface area contributed by atoms with Gasteiger partial charge in [0.2, 0.25) is 0 Å². The van der Waals surface area contributed by atoms with Gasteiger partial charge >= 0.3 is 6.18 Å². The van der Waals surface area contributed by atoms with Crippen LogP contribution in [0.15, 0.2) is 72.9 Å². The summed E-state index contributed by atoms with van der Waals surface area (Å²) in [6.45, 7) is 4.38. The van der Waals surface area contributed by atoms with Crippen LogP contribution in [-0.2, 0) is 10.9 Å². The Morgan fingerprint density at radius 1 is 1.02 bits per heavy atom. The van der Waals surface area contributed by atoms with Gasteiger partial charge in [0.25, 0.3) is 0 Å². The largest absolute Gasteiger partial charge is 0.490 e. The molecule has 11 heteroatoms. The topological polar surface area (TPSA) is 51.6 Å². The van der Waals surface area contributed by atoms with E-state index in [0.717, 1.165) is 17.3 Å². The summed E-state index contributed by atoms with van der Waals surface area (Å²) < 4.78 is 54.4. The van der Waals surface area contributed by atoms with Crippen molar-refractivity contribution in [2.24, 2.45) is 0 Å². The molecular formula is C30H28ClF3N4O2S. The van der Waals surface area contributed by atoms with Crippen molar-refractivity contribution in [3.8, 4) is 11.4 Å². The predicted octanol–water partition coefficient (Wildman–Crippen LogP) is 7.36. The molecular weight excluding hydrogens is 573 g/mol. The monoisotopic (exact) mass is 600 g/mol. The highest BCUT2D eigenvalue weighted by atomic mass is 35.5. The summed E-state index contributed by atoms with van der Waals surface area (Å²) in [5.41, 5.74) is 2.93. The molecule has 0 radical (unpaired) electrons. The lowest BCUT2D eigenvalue weighted by atomic mass is 9.96. The van der Waals surface area contributed by atoms with E-state index in [1.807, 2.05) is 42.2 Å². The van der Waals surface area contributed by atoms with Crippen LogP contribution >= 0.6 is 23.8 Å². The third-order valence-corrected chi connectivity index (χ3v) is 7.69. The van der Waals surface area contributed by atoms with E-state index < -0.39 is 17.8 Å². The minimum atomic E-state index is -4.51. The molecule has 0 saturated carbocycles. The second-order valence-corrected chi connectivity index (χ2v) is 10.4. The molecule has 3 heterocycles. The Bertz CT molecular complexity index is 1560. The molecule has 1 fully saturated rings. The smallest absolute Gasteiger partial charge is 0.418 e. The zero-order valence-corrected chi connectivity index (χ0v) is 24.1. The Labute approximate surface area is 246 Å². The Hall–Kier alpha value is -3.60. The molecule has 0 bridgehead atoms. The second-order valence-electron chi connectivity index (χ2n) is 9.63. The van der Waals surface area contributed by atoms with Gasteiger partial charge in [0.1, 0.15) is 12.4 Å². The van der Waals surface area contributed by atoms with Gasteiger partial charge < -0.3 is 24.3 Å². The number of ether oxygens (including phenoxy) is 2. The van der Waals surface area contributed by atoms with Crippen molar-refractivity contribution in [2.75, 3.05) is 25.2 Å². The van der Waals surface area contributed by atoms with Crippen LogP contribution in [0.25, 0.3) is 5.69 Å². The summed E-state index contributed by atoms with van der Waals surface area (Å²) in [6, 6.07) is 17.7. The number of methoxy groups -OCH3 is 1. The molecule has 0 spiro atoms. The molecule has 2 atom stereocenters. The van der Waals surface area contributed by atoms with Crippen LogP contribution in [0, 0.1) is 13.8 Å². The Balaban J connectivity index is 1.64. The molecule has 5 rings (SSSR count). The number of rotatable bonds is 8. The zero-order valence-electron chi connectivity index (χ0n) is 22.6. The summed E-state index contributed by atoms with van der Waals surface area (Å²) in [7, 11) is 1.59. The molecule has 2 aromatic carbocycles. The molecule has 2 aromatic heterocycles. The number of aromatic nitrogens is 2. The van der Waals surface area contributed by atoms with Gasteiger partial charge in [-0.1, -0.05) is 29.8 Å². The number of halogens is 4. The third kappa shape index (κ3) is 5.64. The normalized spacial score (nSPS) is 17.1. The van der Waals surface area contributed by atoms with Crippen LogP contribution in [-0.4, -0.2) is 35.0 Å². The summed E-state index contributed by atoms with van der Waals surface area (Å²) in [6.07, 6.45) is -2.81. The van der Waals surface area contributed by atoms with Gasteiger partial charge in [-0.2, -0.15) is 13.2 Å². The van der Waals surface area contributed by atoms with Gasteiger partial charge in [-0.25, -0.2) is 0 Å². The van der Waals surface area contributed by atoms with E-state index in [2.05, 4.69) is 10.3 Å². The number of para-hydroxylation sites is 1. The molecule has 4 aromatic rings. The molecule has 6 nitrogen and oxygen atoms in total. The highest BCUT2D eigenvalue weighted by molar-refractivity contribution is 7.80. The average molecular weight is 601 g/mol. The first-order valence-corrected chi connectivity index (χ1v) is 13.7. The fourth-order valence-electron chi connectivity index (χ4n) is 5.31. The standard InChI is InChI=1S/C30H28ClF3N4O2S/c1-18-16-21(19(2)37(18)25-10-5-4-8-22(25)30(32,33)34)28-27(24-9-6-7-13-35-24)36-29(41)38(28)20-11-12-26(23(31)17-20)40-15-14-39-3/h4-13,16-17,27-28H,14-15H2,1-3H3,(H,36,41)/t27-,28+/m1/s1. The fraction of sp³-hybridized carbons (Fsp3) is 0.267. The van der Waals surface area contributed by atoms with Crippen molar-refractivity contribution in [2.45, 2.75) is 32.1 Å². The van der Waals surface area contributed by atoms with Crippen molar-refractivity contribution < 1.29 is 22.6 Å². The molecule has 214 valence electrons. The summed E-state index contributed by atoms with van der Waals surface area (Å²) >= 11 is 12.4. The molecule has 1 saturated heterocycles. The SMILES string of the molecule is COCCOc1ccc(N2C(=S)N[C@H](c3ccccn3)[C@@H]2c2cc(C)n(-c3ccccc3C(F)(F)F)c2C)cc1Cl. The first kappa shape index (κ1) is 28.9. The van der Waals surface area contributed by atoms with Crippen LogP contribution in [0.1, 0.15) is 40.3 Å². The summed E-state index contributed by atoms with van der Waals surface area (Å²) in [5, 5.41) is 4.22. The quantitative estimate of drug-likeness (QED) is 0.168.